The summed E-state index contributed by atoms with van der Waals surface area (Å²) in [4.78, 5) is 0. The number of methoxy groups -OCH3 is 4. The van der Waals surface area contributed by atoms with Gasteiger partial charge >= 0.3 is 15.2 Å². The van der Waals surface area contributed by atoms with Crippen LogP contribution in [0.4, 0.5) is 11.4 Å². The molecule has 3 rings (SSSR count). The summed E-state index contributed by atoms with van der Waals surface area (Å²) in [6.07, 6.45) is 0. The van der Waals surface area contributed by atoms with Crippen molar-refractivity contribution >= 4 is 26.6 Å². The maximum absolute atomic E-state index is 14.4. The normalized spacial score (nSPS) is 13.0. The highest BCUT2D eigenvalue weighted by Crippen LogP contribution is 2.63. The van der Waals surface area contributed by atoms with E-state index in [1.54, 1.807) is 90.4 Å². The van der Waals surface area contributed by atoms with Gasteiger partial charge < -0.3 is 47.7 Å². The van der Waals surface area contributed by atoms with E-state index in [0.717, 1.165) is 0 Å². The number of nitrogens with one attached hydrogen (secondary N) is 2. The lowest BCUT2D eigenvalue weighted by Gasteiger charge is -2.31. The Morgan fingerprint density at radius 1 is 0.522 bits per heavy atom. The first-order valence-electron chi connectivity index (χ1n) is 15.0. The molecule has 2 unspecified atom stereocenters. The molecule has 0 radical (unpaired) electrons. The molecule has 0 bridgehead atoms. The second-order valence-corrected chi connectivity index (χ2v) is 13.8. The molecule has 0 aromatic heterocycles. The zero-order valence-corrected chi connectivity index (χ0v) is 29.5. The number of ether oxygens (including phenoxy) is 4. The summed E-state index contributed by atoms with van der Waals surface area (Å²) in [5, 5.41) is 6.78. The van der Waals surface area contributed by atoms with E-state index in [0.29, 0.717) is 45.5 Å². The summed E-state index contributed by atoms with van der Waals surface area (Å²) in [6, 6.07) is 17.7. The van der Waals surface area contributed by atoms with E-state index in [4.69, 9.17) is 37.0 Å². The Balaban J connectivity index is 2.19. The third kappa shape index (κ3) is 8.76. The van der Waals surface area contributed by atoms with Crippen molar-refractivity contribution < 1.29 is 46.2 Å². The highest BCUT2D eigenvalue weighted by molar-refractivity contribution is 7.54. The van der Waals surface area contributed by atoms with Gasteiger partial charge in [0.05, 0.1) is 66.2 Å². The molecule has 3 aromatic rings. The van der Waals surface area contributed by atoms with Crippen molar-refractivity contribution in [3.63, 3.8) is 0 Å². The van der Waals surface area contributed by atoms with E-state index < -0.39 is 26.8 Å². The Morgan fingerprint density at radius 2 is 0.848 bits per heavy atom. The van der Waals surface area contributed by atoms with E-state index >= 15 is 0 Å². The second kappa shape index (κ2) is 17.6. The largest absolute Gasteiger partial charge is 0.493 e. The predicted octanol–water partition coefficient (Wildman–Crippen LogP) is 8.47. The molecular weight excluding hydrogens is 634 g/mol. The van der Waals surface area contributed by atoms with E-state index in [1.807, 2.05) is 12.1 Å². The Hall–Kier alpha value is -3.24. The molecule has 0 amide bonds. The molecule has 0 aliphatic carbocycles. The lowest BCUT2D eigenvalue weighted by Crippen LogP contribution is -2.19. The highest BCUT2D eigenvalue weighted by atomic mass is 31.2. The molecule has 46 heavy (non-hydrogen) atoms. The summed E-state index contributed by atoms with van der Waals surface area (Å²) < 4.78 is 73.9. The summed E-state index contributed by atoms with van der Waals surface area (Å²) in [5.41, 5.74) is 2.19. The fraction of sp³-hybridized carbons (Fsp3) is 0.438. The molecule has 14 heteroatoms. The van der Waals surface area contributed by atoms with Crippen LogP contribution in [0.3, 0.4) is 0 Å². The minimum Gasteiger partial charge on any atom is -0.493 e. The fourth-order valence-corrected chi connectivity index (χ4v) is 8.69. The Bertz CT molecular complexity index is 1370. The van der Waals surface area contributed by atoms with E-state index in [-0.39, 0.29) is 26.4 Å². The highest BCUT2D eigenvalue weighted by Gasteiger charge is 2.40. The van der Waals surface area contributed by atoms with Gasteiger partial charge in [0.15, 0.2) is 34.6 Å². The number of hydrogen-bond donors (Lipinski definition) is 2. The maximum atomic E-state index is 14.4. The number of para-hydroxylation sites is 2. The molecule has 2 atom stereocenters. The summed E-state index contributed by atoms with van der Waals surface area (Å²) in [5.74, 6) is -0.0352. The number of rotatable bonds is 20. The van der Waals surface area contributed by atoms with Crippen LogP contribution in [-0.4, -0.2) is 54.9 Å². The Labute approximate surface area is 272 Å². The van der Waals surface area contributed by atoms with Crippen LogP contribution >= 0.6 is 15.2 Å². The van der Waals surface area contributed by atoms with Crippen molar-refractivity contribution in [3.05, 3.63) is 71.8 Å². The molecule has 0 aliphatic heterocycles. The predicted molar refractivity (Wildman–Crippen MR) is 180 cm³/mol. The first-order valence-corrected chi connectivity index (χ1v) is 18.2. The summed E-state index contributed by atoms with van der Waals surface area (Å²) in [6.45, 7) is 7.59. The lowest BCUT2D eigenvalue weighted by atomic mass is 10.1. The molecule has 12 nitrogen and oxygen atoms in total. The van der Waals surface area contributed by atoms with Crippen LogP contribution < -0.4 is 29.6 Å². The van der Waals surface area contributed by atoms with Gasteiger partial charge in [0.1, 0.15) is 0 Å². The standard InChI is InChI=1S/C32H46N2O10P2/c1-9-41-45(35,42-10-2)31(23-17-19-27(37-5)29(21-23)39-7)33-25-15-13-14-16-26(25)34-32(46(36,43-11-3)44-12-4)24-18-20-28(38-6)30(22-24)40-8/h13-22,31-34H,9-12H2,1-8H3. The minimum absolute atomic E-state index is 0.149. The van der Waals surface area contributed by atoms with Crippen molar-refractivity contribution in [1.29, 1.82) is 0 Å². The number of hydrogen-bond acceptors (Lipinski definition) is 12. The van der Waals surface area contributed by atoms with E-state index in [1.165, 1.54) is 14.2 Å². The Morgan fingerprint density at radius 3 is 1.13 bits per heavy atom. The molecule has 0 aliphatic rings. The first-order chi connectivity index (χ1) is 22.2. The van der Waals surface area contributed by atoms with Gasteiger partial charge in [0.2, 0.25) is 0 Å². The quantitative estimate of drug-likeness (QED) is 0.111. The van der Waals surface area contributed by atoms with Crippen LogP contribution in [0.25, 0.3) is 0 Å². The monoisotopic (exact) mass is 680 g/mol. The minimum atomic E-state index is -3.83. The van der Waals surface area contributed by atoms with Crippen molar-refractivity contribution in [2.45, 2.75) is 39.3 Å². The van der Waals surface area contributed by atoms with Crippen molar-refractivity contribution in [3.8, 4) is 23.0 Å². The van der Waals surface area contributed by atoms with Crippen molar-refractivity contribution in [2.24, 2.45) is 0 Å². The third-order valence-electron chi connectivity index (χ3n) is 6.83. The molecule has 3 aromatic carbocycles. The van der Waals surface area contributed by atoms with E-state index in [9.17, 15) is 9.13 Å². The molecule has 0 spiro atoms. The second-order valence-electron chi connectivity index (χ2n) is 9.62. The van der Waals surface area contributed by atoms with Gasteiger partial charge in [-0.2, -0.15) is 0 Å². The van der Waals surface area contributed by atoms with Crippen LogP contribution in [0.5, 0.6) is 23.0 Å². The number of anilines is 2. The zero-order valence-electron chi connectivity index (χ0n) is 27.7. The average Bonchev–Trinajstić information content (AvgIpc) is 3.06. The molecule has 0 fully saturated rings. The smallest absolute Gasteiger partial charge is 0.357 e. The van der Waals surface area contributed by atoms with Gasteiger partial charge in [-0.1, -0.05) is 24.3 Å². The zero-order chi connectivity index (χ0) is 33.7. The molecule has 0 heterocycles. The van der Waals surface area contributed by atoms with Gasteiger partial charge in [-0.05, 0) is 75.2 Å². The average molecular weight is 681 g/mol. The third-order valence-corrected chi connectivity index (χ3v) is 11.4. The van der Waals surface area contributed by atoms with Gasteiger partial charge in [0, 0.05) is 0 Å². The SMILES string of the molecule is CCOP(=O)(OCC)C(Nc1ccccc1NC(c1ccc(OC)c(OC)c1)P(=O)(OCC)OCC)c1ccc(OC)c(OC)c1. The molecule has 254 valence electrons. The fourth-order valence-electron chi connectivity index (χ4n) is 4.86. The van der Waals surface area contributed by atoms with Gasteiger partial charge in [-0.15, -0.1) is 0 Å². The van der Waals surface area contributed by atoms with Crippen molar-refractivity contribution in [2.75, 3.05) is 65.5 Å². The molecule has 0 saturated heterocycles. The molecule has 0 saturated carbocycles. The molecule has 2 N–H and O–H groups in total. The van der Waals surface area contributed by atoms with E-state index in [2.05, 4.69) is 10.6 Å². The van der Waals surface area contributed by atoms with Crippen LogP contribution in [0.1, 0.15) is 50.4 Å². The maximum Gasteiger partial charge on any atom is 0.357 e. The summed E-state index contributed by atoms with van der Waals surface area (Å²) in [7, 11) is -1.52. The van der Waals surface area contributed by atoms with Crippen LogP contribution in [0.2, 0.25) is 0 Å². The van der Waals surface area contributed by atoms with Gasteiger partial charge in [-0.3, -0.25) is 9.13 Å². The lowest BCUT2D eigenvalue weighted by molar-refractivity contribution is 0.213. The summed E-state index contributed by atoms with van der Waals surface area (Å²) >= 11 is 0. The van der Waals surface area contributed by atoms with Crippen LogP contribution in [-0.2, 0) is 27.2 Å². The first kappa shape index (κ1) is 37.2. The molecular formula is C32H46N2O10P2. The van der Waals surface area contributed by atoms with Gasteiger partial charge in [-0.25, -0.2) is 0 Å². The Kier molecular flexibility index (Phi) is 14.3. The van der Waals surface area contributed by atoms with Crippen LogP contribution in [0, 0.1) is 0 Å². The van der Waals surface area contributed by atoms with Crippen molar-refractivity contribution in [1.82, 2.24) is 0 Å². The topological polar surface area (TPSA) is 132 Å². The van der Waals surface area contributed by atoms with Crippen LogP contribution in [0.15, 0.2) is 60.7 Å². The van der Waals surface area contributed by atoms with Gasteiger partial charge in [0.25, 0.3) is 0 Å². The number of benzene rings is 3.